The van der Waals surface area contributed by atoms with Crippen LogP contribution >= 0.6 is 0 Å². The molecule has 0 radical (unpaired) electrons. The second-order valence-electron chi connectivity index (χ2n) is 7.41. The number of benzene rings is 2. The lowest BCUT2D eigenvalue weighted by atomic mass is 10.1. The number of methoxy groups -OCH3 is 1. The van der Waals surface area contributed by atoms with Crippen LogP contribution in [-0.2, 0) is 17.6 Å². The zero-order chi connectivity index (χ0) is 22.7. The Morgan fingerprint density at radius 1 is 1.09 bits per heavy atom. The minimum atomic E-state index is -0.686. The number of fused-ring (bicyclic) bond motifs is 1. The summed E-state index contributed by atoms with van der Waals surface area (Å²) in [5.74, 6) is 0.923. The summed E-state index contributed by atoms with van der Waals surface area (Å²) >= 11 is 0. The monoisotopic (exact) mass is 434 g/mol. The SMILES string of the molecule is COc1ccc(CCc2cc(C)c(C(=O)Nc3ccc4c(c3)OCC(=O)N4)c(=O)o2)cc1. The smallest absolute Gasteiger partial charge is 0.349 e. The van der Waals surface area contributed by atoms with Crippen LogP contribution in [0.5, 0.6) is 11.5 Å². The number of nitrogens with one attached hydrogen (secondary N) is 2. The number of amides is 2. The van der Waals surface area contributed by atoms with Crippen LogP contribution in [0.3, 0.4) is 0 Å². The van der Waals surface area contributed by atoms with Crippen LogP contribution in [0.25, 0.3) is 0 Å². The highest BCUT2D eigenvalue weighted by Crippen LogP contribution is 2.30. The first-order valence-corrected chi connectivity index (χ1v) is 10.1. The van der Waals surface area contributed by atoms with Gasteiger partial charge in [0.2, 0.25) is 0 Å². The molecule has 1 aliphatic rings. The number of carbonyl (C=O) groups excluding carboxylic acids is 2. The number of anilines is 2. The lowest BCUT2D eigenvalue weighted by Crippen LogP contribution is -2.26. The summed E-state index contributed by atoms with van der Waals surface area (Å²) in [7, 11) is 1.61. The number of aryl methyl sites for hydroxylation is 3. The van der Waals surface area contributed by atoms with Crippen molar-refractivity contribution >= 4 is 23.2 Å². The Labute approximate surface area is 184 Å². The number of hydrogen-bond acceptors (Lipinski definition) is 6. The Hall–Kier alpha value is -4.07. The van der Waals surface area contributed by atoms with Gasteiger partial charge in [-0.3, -0.25) is 9.59 Å². The van der Waals surface area contributed by atoms with E-state index in [9.17, 15) is 14.4 Å². The minimum Gasteiger partial charge on any atom is -0.497 e. The molecule has 2 N–H and O–H groups in total. The molecule has 0 spiro atoms. The van der Waals surface area contributed by atoms with E-state index in [-0.39, 0.29) is 18.1 Å². The Balaban J connectivity index is 1.46. The number of rotatable bonds is 6. The van der Waals surface area contributed by atoms with Crippen molar-refractivity contribution in [2.75, 3.05) is 24.4 Å². The van der Waals surface area contributed by atoms with Crippen molar-refractivity contribution in [2.24, 2.45) is 0 Å². The van der Waals surface area contributed by atoms with Crippen molar-refractivity contribution in [2.45, 2.75) is 19.8 Å². The first kappa shape index (κ1) is 21.2. The number of ether oxygens (including phenoxy) is 2. The molecule has 2 amide bonds. The highest BCUT2D eigenvalue weighted by Gasteiger charge is 2.20. The van der Waals surface area contributed by atoms with E-state index in [1.165, 1.54) is 0 Å². The summed E-state index contributed by atoms with van der Waals surface area (Å²) in [5, 5.41) is 5.36. The van der Waals surface area contributed by atoms with E-state index in [4.69, 9.17) is 13.9 Å². The lowest BCUT2D eigenvalue weighted by molar-refractivity contribution is -0.118. The second-order valence-corrected chi connectivity index (χ2v) is 7.41. The third-order valence-electron chi connectivity index (χ3n) is 5.12. The van der Waals surface area contributed by atoms with Gasteiger partial charge in [-0.05, 0) is 54.8 Å². The fraction of sp³-hybridized carbons (Fsp3) is 0.208. The molecule has 0 bridgehead atoms. The molecule has 0 aliphatic carbocycles. The van der Waals surface area contributed by atoms with E-state index >= 15 is 0 Å². The Morgan fingerprint density at radius 2 is 1.88 bits per heavy atom. The molecule has 8 heteroatoms. The van der Waals surface area contributed by atoms with Crippen LogP contribution in [-0.4, -0.2) is 25.5 Å². The maximum atomic E-state index is 12.7. The summed E-state index contributed by atoms with van der Waals surface area (Å²) in [5.41, 5.74) is 1.84. The van der Waals surface area contributed by atoms with Crippen LogP contribution in [0.15, 0.2) is 57.7 Å². The van der Waals surface area contributed by atoms with Gasteiger partial charge < -0.3 is 24.5 Å². The molecule has 0 fully saturated rings. The summed E-state index contributed by atoms with van der Waals surface area (Å²) in [4.78, 5) is 36.6. The van der Waals surface area contributed by atoms with Crippen LogP contribution in [0.4, 0.5) is 11.4 Å². The molecule has 1 aliphatic heterocycles. The molecule has 0 unspecified atom stereocenters. The van der Waals surface area contributed by atoms with Crippen LogP contribution in [0, 0.1) is 6.92 Å². The van der Waals surface area contributed by atoms with Gasteiger partial charge in [0.1, 0.15) is 22.8 Å². The average Bonchev–Trinajstić information content (AvgIpc) is 2.77. The maximum absolute atomic E-state index is 12.7. The largest absolute Gasteiger partial charge is 0.497 e. The topological polar surface area (TPSA) is 107 Å². The lowest BCUT2D eigenvalue weighted by Gasteiger charge is -2.18. The third kappa shape index (κ3) is 4.64. The molecule has 32 heavy (non-hydrogen) atoms. The predicted molar refractivity (Wildman–Crippen MR) is 119 cm³/mol. The van der Waals surface area contributed by atoms with Crippen molar-refractivity contribution < 1.29 is 23.5 Å². The van der Waals surface area contributed by atoms with E-state index in [0.717, 1.165) is 11.3 Å². The maximum Gasteiger partial charge on any atom is 0.349 e. The van der Waals surface area contributed by atoms with Crippen LogP contribution in [0.1, 0.15) is 27.2 Å². The first-order chi connectivity index (χ1) is 15.4. The van der Waals surface area contributed by atoms with Gasteiger partial charge in [-0.25, -0.2) is 4.79 Å². The van der Waals surface area contributed by atoms with Crippen LogP contribution in [0.2, 0.25) is 0 Å². The number of carbonyl (C=O) groups is 2. The van der Waals surface area contributed by atoms with Crippen molar-refractivity contribution in [1.29, 1.82) is 0 Å². The van der Waals surface area contributed by atoms with Gasteiger partial charge in [0.05, 0.1) is 12.8 Å². The Bertz CT molecular complexity index is 1230. The molecule has 0 saturated carbocycles. The second kappa shape index (κ2) is 8.97. The Morgan fingerprint density at radius 3 is 2.59 bits per heavy atom. The average molecular weight is 434 g/mol. The molecule has 1 aromatic heterocycles. The molecule has 3 aromatic rings. The molecule has 8 nitrogen and oxygen atoms in total. The zero-order valence-corrected chi connectivity index (χ0v) is 17.7. The summed E-state index contributed by atoms with van der Waals surface area (Å²) in [6.45, 7) is 1.61. The van der Waals surface area contributed by atoms with E-state index in [1.807, 2.05) is 24.3 Å². The molecule has 0 saturated heterocycles. The molecule has 2 heterocycles. The third-order valence-corrected chi connectivity index (χ3v) is 5.12. The van der Waals surface area contributed by atoms with Gasteiger partial charge in [-0.1, -0.05) is 12.1 Å². The van der Waals surface area contributed by atoms with Crippen molar-refractivity contribution in [3.05, 3.63) is 81.4 Å². The standard InChI is InChI=1S/C24H22N2O6/c1-14-11-18(9-5-15-3-7-17(30-2)8-4-15)32-24(29)22(14)23(28)25-16-6-10-19-20(12-16)31-13-21(27)26-19/h3-4,6-8,10-12H,5,9,13H2,1-2H3,(H,25,28)(H,26,27). The van der Waals surface area contributed by atoms with Crippen molar-refractivity contribution in [3.8, 4) is 11.5 Å². The van der Waals surface area contributed by atoms with Gasteiger partial charge in [0, 0.05) is 18.2 Å². The van der Waals surface area contributed by atoms with Crippen molar-refractivity contribution in [1.82, 2.24) is 0 Å². The summed E-state index contributed by atoms with van der Waals surface area (Å²) in [6.07, 6.45) is 1.21. The Kier molecular flexibility index (Phi) is 5.93. The minimum absolute atomic E-state index is 0.0508. The van der Waals surface area contributed by atoms with Gasteiger partial charge in [0.15, 0.2) is 6.61 Å². The first-order valence-electron chi connectivity index (χ1n) is 10.1. The molecule has 164 valence electrons. The zero-order valence-electron chi connectivity index (χ0n) is 17.7. The summed E-state index contributed by atoms with van der Waals surface area (Å²) in [6, 6.07) is 14.2. The quantitative estimate of drug-likeness (QED) is 0.616. The van der Waals surface area contributed by atoms with Crippen LogP contribution < -0.4 is 25.7 Å². The highest BCUT2D eigenvalue weighted by atomic mass is 16.5. The van der Waals surface area contributed by atoms with Gasteiger partial charge in [-0.2, -0.15) is 0 Å². The van der Waals surface area contributed by atoms with E-state index in [1.54, 1.807) is 38.3 Å². The van der Waals surface area contributed by atoms with E-state index < -0.39 is 11.5 Å². The number of hydrogen-bond donors (Lipinski definition) is 2. The van der Waals surface area contributed by atoms with Crippen molar-refractivity contribution in [3.63, 3.8) is 0 Å². The highest BCUT2D eigenvalue weighted by molar-refractivity contribution is 6.05. The fourth-order valence-electron chi connectivity index (χ4n) is 3.47. The van der Waals surface area contributed by atoms with E-state index in [0.29, 0.717) is 41.3 Å². The fourth-order valence-corrected chi connectivity index (χ4v) is 3.47. The molecule has 2 aromatic carbocycles. The molecule has 0 atom stereocenters. The summed E-state index contributed by atoms with van der Waals surface area (Å²) < 4.78 is 15.9. The molecular formula is C24H22N2O6. The molecular weight excluding hydrogens is 412 g/mol. The van der Waals surface area contributed by atoms with Gasteiger partial charge in [0.25, 0.3) is 11.8 Å². The van der Waals surface area contributed by atoms with E-state index in [2.05, 4.69) is 10.6 Å². The predicted octanol–water partition coefficient (Wildman–Crippen LogP) is 3.33. The van der Waals surface area contributed by atoms with Gasteiger partial charge in [-0.15, -0.1) is 0 Å². The van der Waals surface area contributed by atoms with Gasteiger partial charge >= 0.3 is 5.63 Å². The molecule has 4 rings (SSSR count). The normalized spacial score (nSPS) is 12.4.